The molecule has 1 aromatic heterocycles. The molecule has 0 aliphatic carbocycles. The molecule has 1 amide bonds. The van der Waals surface area contributed by atoms with Gasteiger partial charge >= 0.3 is 0 Å². The second kappa shape index (κ2) is 6.80. The van der Waals surface area contributed by atoms with Gasteiger partial charge in [-0.2, -0.15) is 5.26 Å². The number of ether oxygens (including phenoxy) is 1. The molecule has 0 N–H and O–H groups in total. The third-order valence-electron chi connectivity index (χ3n) is 5.19. The van der Waals surface area contributed by atoms with Gasteiger partial charge in [0.05, 0.1) is 17.8 Å². The lowest BCUT2D eigenvalue weighted by Crippen LogP contribution is -2.49. The minimum atomic E-state index is -0.297. The zero-order valence-electron chi connectivity index (χ0n) is 15.1. The van der Waals surface area contributed by atoms with Crippen molar-refractivity contribution in [1.82, 2.24) is 9.47 Å². The summed E-state index contributed by atoms with van der Waals surface area (Å²) in [6.07, 6.45) is 2.60. The highest BCUT2D eigenvalue weighted by atomic mass is 16.5. The molecular weight excluding hydrogens is 344 g/mol. The van der Waals surface area contributed by atoms with Gasteiger partial charge < -0.3 is 19.1 Å². The Balaban J connectivity index is 1.66. The van der Waals surface area contributed by atoms with Gasteiger partial charge in [-0.25, -0.2) is 0 Å². The first-order valence-corrected chi connectivity index (χ1v) is 9.01. The van der Waals surface area contributed by atoms with E-state index >= 15 is 0 Å². The van der Waals surface area contributed by atoms with E-state index in [0.717, 1.165) is 17.3 Å². The van der Waals surface area contributed by atoms with Crippen LogP contribution in [0.3, 0.4) is 0 Å². The average Bonchev–Trinajstić information content (AvgIpc) is 3.25. The van der Waals surface area contributed by atoms with Gasteiger partial charge in [-0.05, 0) is 12.1 Å². The van der Waals surface area contributed by atoms with Crippen molar-refractivity contribution in [3.63, 3.8) is 0 Å². The number of pyridine rings is 1. The van der Waals surface area contributed by atoms with E-state index in [-0.39, 0.29) is 17.0 Å². The smallest absolute Gasteiger partial charge is 0.288 e. The summed E-state index contributed by atoms with van der Waals surface area (Å²) in [6.45, 7) is 2.73. The number of hydrogen-bond acceptors (Lipinski definition) is 5. The van der Waals surface area contributed by atoms with Crippen molar-refractivity contribution in [3.8, 4) is 6.07 Å². The number of anilines is 1. The third kappa shape index (κ3) is 2.83. The highest BCUT2D eigenvalue weighted by molar-refractivity contribution is 5.95. The number of benzene rings is 1. The lowest BCUT2D eigenvalue weighted by Gasteiger charge is -2.37. The van der Waals surface area contributed by atoms with Gasteiger partial charge in [0.1, 0.15) is 11.6 Å². The number of rotatable bonds is 2. The highest BCUT2D eigenvalue weighted by Crippen LogP contribution is 2.29. The molecule has 2 aliphatic heterocycles. The largest absolute Gasteiger partial charge is 0.488 e. The van der Waals surface area contributed by atoms with Gasteiger partial charge in [0.15, 0.2) is 5.76 Å². The Morgan fingerprint density at radius 2 is 1.93 bits per heavy atom. The van der Waals surface area contributed by atoms with Crippen molar-refractivity contribution in [1.29, 1.82) is 5.26 Å². The molecule has 7 nitrogen and oxygen atoms in total. The molecule has 7 heteroatoms. The molecule has 0 atom stereocenters. The van der Waals surface area contributed by atoms with Crippen molar-refractivity contribution in [3.05, 3.63) is 52.0 Å². The molecule has 1 fully saturated rings. The van der Waals surface area contributed by atoms with Crippen molar-refractivity contribution in [2.75, 3.05) is 37.7 Å². The van der Waals surface area contributed by atoms with E-state index in [0.29, 0.717) is 44.2 Å². The van der Waals surface area contributed by atoms with Crippen LogP contribution in [0.15, 0.2) is 40.9 Å². The van der Waals surface area contributed by atoms with Gasteiger partial charge in [-0.15, -0.1) is 0 Å². The number of hydrogen-bond donors (Lipinski definition) is 0. The Hall–Kier alpha value is -3.27. The van der Waals surface area contributed by atoms with Crippen LogP contribution in [0.25, 0.3) is 10.9 Å². The number of aromatic nitrogens is 1. The summed E-state index contributed by atoms with van der Waals surface area (Å²) < 4.78 is 6.89. The van der Waals surface area contributed by atoms with Crippen LogP contribution >= 0.6 is 0 Å². The first-order chi connectivity index (χ1) is 13.1. The summed E-state index contributed by atoms with van der Waals surface area (Å²) >= 11 is 0. The fourth-order valence-corrected chi connectivity index (χ4v) is 3.76. The van der Waals surface area contributed by atoms with Crippen LogP contribution in [0.4, 0.5) is 5.69 Å². The number of nitriles is 1. The van der Waals surface area contributed by atoms with Gasteiger partial charge in [-0.1, -0.05) is 18.2 Å². The van der Waals surface area contributed by atoms with Crippen LogP contribution in [-0.2, 0) is 16.6 Å². The minimum absolute atomic E-state index is 0.0820. The summed E-state index contributed by atoms with van der Waals surface area (Å²) in [4.78, 5) is 28.9. The van der Waals surface area contributed by atoms with Crippen LogP contribution in [-0.4, -0.2) is 48.2 Å². The van der Waals surface area contributed by atoms with Gasteiger partial charge in [0.2, 0.25) is 0 Å². The molecule has 2 aliphatic rings. The predicted octanol–water partition coefficient (Wildman–Crippen LogP) is 1.36. The quantitative estimate of drug-likeness (QED) is 0.804. The Labute approximate surface area is 156 Å². The Morgan fingerprint density at radius 3 is 2.59 bits per heavy atom. The maximum atomic E-state index is 12.6. The monoisotopic (exact) mass is 364 g/mol. The fraction of sp³-hybridized carbons (Fsp3) is 0.350. The lowest BCUT2D eigenvalue weighted by molar-refractivity contribution is -0.130. The third-order valence-corrected chi connectivity index (χ3v) is 5.19. The van der Waals surface area contributed by atoms with Crippen LogP contribution in [0.5, 0.6) is 0 Å². The van der Waals surface area contributed by atoms with E-state index in [1.807, 2.05) is 35.2 Å². The number of carbonyl (C=O) groups excluding carboxylic acids is 1. The molecule has 2 aromatic rings. The molecule has 0 unspecified atom stereocenters. The molecule has 0 radical (unpaired) electrons. The SMILES string of the molecule is Cn1c(=O)c(C#N)c(N2CCN(C(=O)C3=CCCO3)CC2)c2ccccc21. The maximum Gasteiger partial charge on any atom is 0.288 e. The standard InChI is InChI=1S/C20H20N4O3/c1-22-16-6-3-2-5-14(16)18(15(13-21)19(22)25)23-8-10-24(11-9-23)20(26)17-7-4-12-27-17/h2-3,5-7H,4,8-12H2,1H3. The molecule has 4 rings (SSSR count). The van der Waals surface area contributed by atoms with Crippen LogP contribution < -0.4 is 10.5 Å². The summed E-state index contributed by atoms with van der Waals surface area (Å²) in [5.74, 6) is 0.349. The predicted molar refractivity (Wildman–Crippen MR) is 101 cm³/mol. The van der Waals surface area contributed by atoms with Crippen LogP contribution in [0.1, 0.15) is 12.0 Å². The molecule has 3 heterocycles. The van der Waals surface area contributed by atoms with E-state index in [2.05, 4.69) is 6.07 Å². The van der Waals surface area contributed by atoms with Crippen LogP contribution in [0, 0.1) is 11.3 Å². The van der Waals surface area contributed by atoms with Crippen molar-refractivity contribution >= 4 is 22.5 Å². The van der Waals surface area contributed by atoms with E-state index in [1.165, 1.54) is 4.57 Å². The number of piperazine rings is 1. The number of carbonyl (C=O) groups is 1. The van der Waals surface area contributed by atoms with E-state index in [9.17, 15) is 14.9 Å². The summed E-state index contributed by atoms with van der Waals surface area (Å²) in [5, 5.41) is 10.5. The zero-order chi connectivity index (χ0) is 19.0. The van der Waals surface area contributed by atoms with E-state index in [4.69, 9.17) is 4.74 Å². The Kier molecular flexibility index (Phi) is 4.32. The topological polar surface area (TPSA) is 78.6 Å². The molecule has 0 bridgehead atoms. The molecular formula is C20H20N4O3. The summed E-state index contributed by atoms with van der Waals surface area (Å²) in [7, 11) is 1.68. The molecule has 0 saturated carbocycles. The molecule has 1 saturated heterocycles. The van der Waals surface area contributed by atoms with Crippen molar-refractivity contribution in [2.45, 2.75) is 6.42 Å². The minimum Gasteiger partial charge on any atom is -0.488 e. The molecule has 138 valence electrons. The fourth-order valence-electron chi connectivity index (χ4n) is 3.76. The second-order valence-electron chi connectivity index (χ2n) is 6.70. The van der Waals surface area contributed by atoms with Gasteiger partial charge in [0, 0.05) is 45.0 Å². The van der Waals surface area contributed by atoms with Gasteiger partial charge in [0.25, 0.3) is 11.5 Å². The number of amides is 1. The van der Waals surface area contributed by atoms with E-state index in [1.54, 1.807) is 11.9 Å². The van der Waals surface area contributed by atoms with Crippen molar-refractivity contribution < 1.29 is 9.53 Å². The van der Waals surface area contributed by atoms with Crippen LogP contribution in [0.2, 0.25) is 0 Å². The van der Waals surface area contributed by atoms with Crippen molar-refractivity contribution in [2.24, 2.45) is 7.05 Å². The Morgan fingerprint density at radius 1 is 1.19 bits per heavy atom. The number of para-hydroxylation sites is 1. The highest BCUT2D eigenvalue weighted by Gasteiger charge is 2.28. The molecule has 27 heavy (non-hydrogen) atoms. The molecule has 1 aromatic carbocycles. The lowest BCUT2D eigenvalue weighted by atomic mass is 10.1. The average molecular weight is 364 g/mol. The first kappa shape index (κ1) is 17.2. The first-order valence-electron chi connectivity index (χ1n) is 9.01. The zero-order valence-corrected chi connectivity index (χ0v) is 15.1. The Bertz CT molecular complexity index is 1040. The molecule has 0 spiro atoms. The summed E-state index contributed by atoms with van der Waals surface area (Å²) in [6, 6.07) is 9.68. The number of aryl methyl sites for hydroxylation is 1. The van der Waals surface area contributed by atoms with Gasteiger partial charge in [-0.3, -0.25) is 9.59 Å². The second-order valence-corrected chi connectivity index (χ2v) is 6.70. The summed E-state index contributed by atoms with van der Waals surface area (Å²) in [5.41, 5.74) is 1.31. The number of nitrogens with zero attached hydrogens (tertiary/aromatic N) is 4. The van der Waals surface area contributed by atoms with E-state index < -0.39 is 0 Å². The maximum absolute atomic E-state index is 12.6. The number of fused-ring (bicyclic) bond motifs is 1. The normalized spacial score (nSPS) is 16.8.